The summed E-state index contributed by atoms with van der Waals surface area (Å²) in [5.41, 5.74) is 0. The van der Waals surface area contributed by atoms with Gasteiger partial charge in [-0.25, -0.2) is 0 Å². The van der Waals surface area contributed by atoms with Crippen LogP contribution in [0, 0.1) is 12.8 Å². The molecule has 3 heterocycles. The third-order valence-electron chi connectivity index (χ3n) is 5.17. The largest absolute Gasteiger partial charge is 0.465 e. The van der Waals surface area contributed by atoms with Crippen molar-refractivity contribution in [3.05, 3.63) is 35.4 Å². The number of hydrogen-bond donors (Lipinski definition) is 0. The van der Waals surface area contributed by atoms with E-state index in [1.807, 2.05) is 24.0 Å². The number of aryl methyl sites for hydroxylation is 1. The Hall–Kier alpha value is -2.15. The summed E-state index contributed by atoms with van der Waals surface area (Å²) in [5, 5.41) is 4.07. The monoisotopic (exact) mass is 388 g/mol. The lowest BCUT2D eigenvalue weighted by molar-refractivity contribution is -0.132. The molecular weight excluding hydrogens is 356 g/mol. The molecule has 1 aliphatic heterocycles. The summed E-state index contributed by atoms with van der Waals surface area (Å²) in [6.45, 7) is 11.2. The van der Waals surface area contributed by atoms with Gasteiger partial charge in [-0.05, 0) is 44.4 Å². The maximum Gasteiger partial charge on any atom is 0.226 e. The Labute approximate surface area is 167 Å². The molecule has 1 saturated heterocycles. The van der Waals surface area contributed by atoms with E-state index in [1.54, 1.807) is 6.92 Å². The van der Waals surface area contributed by atoms with Crippen molar-refractivity contribution >= 4 is 5.91 Å². The van der Waals surface area contributed by atoms with Gasteiger partial charge in [0.25, 0.3) is 0 Å². The van der Waals surface area contributed by atoms with Gasteiger partial charge in [-0.2, -0.15) is 4.98 Å². The third kappa shape index (κ3) is 5.67. The molecule has 0 bridgehead atoms. The standard InChI is InChI=1S/C21H32N4O3/c1-15(2)12-21-22-20(23-28-21)9-11-25(17(4)26)18-6-5-10-24(13-18)14-19-8-7-16(3)27-19/h7-8,15,18H,5-6,9-14H2,1-4H3. The molecule has 0 aromatic carbocycles. The average molecular weight is 389 g/mol. The summed E-state index contributed by atoms with van der Waals surface area (Å²) >= 11 is 0. The molecule has 0 N–H and O–H groups in total. The predicted molar refractivity (Wildman–Crippen MR) is 106 cm³/mol. The maximum absolute atomic E-state index is 12.3. The van der Waals surface area contributed by atoms with Gasteiger partial charge in [0.15, 0.2) is 5.82 Å². The number of aromatic nitrogens is 2. The molecule has 3 rings (SSSR count). The van der Waals surface area contributed by atoms with Crippen LogP contribution in [0.25, 0.3) is 0 Å². The van der Waals surface area contributed by atoms with Crippen molar-refractivity contribution in [2.24, 2.45) is 5.92 Å². The fourth-order valence-corrected chi connectivity index (χ4v) is 3.86. The zero-order valence-electron chi connectivity index (χ0n) is 17.5. The van der Waals surface area contributed by atoms with E-state index in [1.165, 1.54) is 0 Å². The number of rotatable bonds is 8. The fraction of sp³-hybridized carbons (Fsp3) is 0.667. The van der Waals surface area contributed by atoms with E-state index in [0.717, 1.165) is 50.4 Å². The molecule has 0 radical (unpaired) electrons. The quantitative estimate of drug-likeness (QED) is 0.691. The summed E-state index contributed by atoms with van der Waals surface area (Å²) in [7, 11) is 0. The molecule has 1 unspecified atom stereocenters. The van der Waals surface area contributed by atoms with Crippen LogP contribution in [0.15, 0.2) is 21.1 Å². The van der Waals surface area contributed by atoms with E-state index in [-0.39, 0.29) is 11.9 Å². The first-order valence-electron chi connectivity index (χ1n) is 10.3. The van der Waals surface area contributed by atoms with E-state index >= 15 is 0 Å². The SMILES string of the molecule is CC(=O)N(CCc1noc(CC(C)C)n1)C1CCCN(Cc2ccc(C)o2)C1. The summed E-state index contributed by atoms with van der Waals surface area (Å²) in [6.07, 6.45) is 3.51. The van der Waals surface area contributed by atoms with Crippen LogP contribution < -0.4 is 0 Å². The van der Waals surface area contributed by atoms with Crippen molar-refractivity contribution in [2.75, 3.05) is 19.6 Å². The van der Waals surface area contributed by atoms with Crippen molar-refractivity contribution in [1.29, 1.82) is 0 Å². The molecule has 1 fully saturated rings. The molecule has 154 valence electrons. The van der Waals surface area contributed by atoms with Crippen LogP contribution >= 0.6 is 0 Å². The van der Waals surface area contributed by atoms with E-state index in [2.05, 4.69) is 28.9 Å². The Kier molecular flexibility index (Phi) is 6.88. The van der Waals surface area contributed by atoms with Gasteiger partial charge in [0.05, 0.1) is 6.54 Å². The van der Waals surface area contributed by atoms with Crippen LogP contribution in [0.2, 0.25) is 0 Å². The molecule has 1 amide bonds. The lowest BCUT2D eigenvalue weighted by atomic mass is 10.0. The van der Waals surface area contributed by atoms with Gasteiger partial charge in [0.2, 0.25) is 11.8 Å². The van der Waals surface area contributed by atoms with Gasteiger partial charge in [-0.3, -0.25) is 9.69 Å². The van der Waals surface area contributed by atoms with E-state index in [0.29, 0.717) is 30.6 Å². The molecule has 1 atom stereocenters. The highest BCUT2D eigenvalue weighted by Crippen LogP contribution is 2.20. The number of amides is 1. The molecule has 0 saturated carbocycles. The number of carbonyl (C=O) groups excluding carboxylic acids is 1. The number of hydrogen-bond acceptors (Lipinski definition) is 6. The number of likely N-dealkylation sites (tertiary alicyclic amines) is 1. The minimum atomic E-state index is 0.103. The molecule has 0 spiro atoms. The smallest absolute Gasteiger partial charge is 0.226 e. The Bertz CT molecular complexity index is 767. The molecular formula is C21H32N4O3. The Morgan fingerprint density at radius 2 is 2.21 bits per heavy atom. The lowest BCUT2D eigenvalue weighted by Gasteiger charge is -2.38. The van der Waals surface area contributed by atoms with Gasteiger partial charge in [0.1, 0.15) is 11.5 Å². The van der Waals surface area contributed by atoms with E-state index < -0.39 is 0 Å². The van der Waals surface area contributed by atoms with Crippen LogP contribution in [-0.2, 0) is 24.2 Å². The second kappa shape index (κ2) is 9.37. The summed E-state index contributed by atoms with van der Waals surface area (Å²) < 4.78 is 11.0. The number of piperidine rings is 1. The van der Waals surface area contributed by atoms with Crippen molar-refractivity contribution in [2.45, 2.75) is 66.0 Å². The van der Waals surface area contributed by atoms with E-state index in [4.69, 9.17) is 8.94 Å². The number of nitrogens with zero attached hydrogens (tertiary/aromatic N) is 4. The first-order chi connectivity index (χ1) is 13.4. The third-order valence-corrected chi connectivity index (χ3v) is 5.17. The first-order valence-corrected chi connectivity index (χ1v) is 10.3. The normalized spacial score (nSPS) is 18.0. The minimum absolute atomic E-state index is 0.103. The van der Waals surface area contributed by atoms with Gasteiger partial charge in [-0.1, -0.05) is 19.0 Å². The second-order valence-electron chi connectivity index (χ2n) is 8.21. The average Bonchev–Trinajstić information content (AvgIpc) is 3.23. The first kappa shape index (κ1) is 20.6. The van der Waals surface area contributed by atoms with Gasteiger partial charge in [0, 0.05) is 38.9 Å². The van der Waals surface area contributed by atoms with Gasteiger partial charge < -0.3 is 13.8 Å². The van der Waals surface area contributed by atoms with E-state index in [9.17, 15) is 4.79 Å². The molecule has 7 nitrogen and oxygen atoms in total. The lowest BCUT2D eigenvalue weighted by Crippen LogP contribution is -2.50. The van der Waals surface area contributed by atoms with Crippen LogP contribution in [0.3, 0.4) is 0 Å². The Morgan fingerprint density at radius 1 is 1.39 bits per heavy atom. The molecule has 7 heteroatoms. The molecule has 1 aliphatic rings. The highest BCUT2D eigenvalue weighted by Gasteiger charge is 2.27. The summed E-state index contributed by atoms with van der Waals surface area (Å²) in [5.74, 6) is 3.86. The van der Waals surface area contributed by atoms with Gasteiger partial charge >= 0.3 is 0 Å². The van der Waals surface area contributed by atoms with Crippen molar-refractivity contribution in [3.8, 4) is 0 Å². The Balaban J connectivity index is 1.56. The minimum Gasteiger partial charge on any atom is -0.465 e. The topological polar surface area (TPSA) is 75.6 Å². The Morgan fingerprint density at radius 3 is 2.89 bits per heavy atom. The van der Waals surface area contributed by atoms with Crippen LogP contribution in [0.4, 0.5) is 0 Å². The zero-order chi connectivity index (χ0) is 20.1. The van der Waals surface area contributed by atoms with Gasteiger partial charge in [-0.15, -0.1) is 0 Å². The number of furan rings is 1. The maximum atomic E-state index is 12.3. The highest BCUT2D eigenvalue weighted by molar-refractivity contribution is 5.73. The molecule has 28 heavy (non-hydrogen) atoms. The molecule has 0 aliphatic carbocycles. The molecule has 2 aromatic rings. The zero-order valence-corrected chi connectivity index (χ0v) is 17.5. The summed E-state index contributed by atoms with van der Waals surface area (Å²) in [6, 6.07) is 4.24. The van der Waals surface area contributed by atoms with Crippen molar-refractivity contribution < 1.29 is 13.7 Å². The van der Waals surface area contributed by atoms with Crippen LogP contribution in [0.1, 0.15) is 56.8 Å². The summed E-state index contributed by atoms with van der Waals surface area (Å²) in [4.78, 5) is 21.1. The van der Waals surface area contributed by atoms with Crippen LogP contribution in [0.5, 0.6) is 0 Å². The fourth-order valence-electron chi connectivity index (χ4n) is 3.86. The second-order valence-corrected chi connectivity index (χ2v) is 8.21. The predicted octanol–water partition coefficient (Wildman–Crippen LogP) is 3.23. The van der Waals surface area contributed by atoms with Crippen molar-refractivity contribution in [1.82, 2.24) is 19.9 Å². The van der Waals surface area contributed by atoms with Crippen LogP contribution in [-0.4, -0.2) is 51.5 Å². The molecule has 2 aromatic heterocycles. The van der Waals surface area contributed by atoms with Crippen molar-refractivity contribution in [3.63, 3.8) is 0 Å². The number of carbonyl (C=O) groups is 1. The highest BCUT2D eigenvalue weighted by atomic mass is 16.5.